The van der Waals surface area contributed by atoms with E-state index in [4.69, 9.17) is 4.74 Å². The molecule has 0 aliphatic rings. The molecule has 0 unspecified atom stereocenters. The Bertz CT molecular complexity index is 576. The first kappa shape index (κ1) is 20.5. The van der Waals surface area contributed by atoms with E-state index in [1.807, 2.05) is 0 Å². The SMILES string of the molecule is CCCCCCCCCCCCOc1ccc(-c2ccc(Br)cc2)s1. The molecule has 2 aromatic rings. The predicted molar refractivity (Wildman–Crippen MR) is 115 cm³/mol. The Morgan fingerprint density at radius 2 is 1.36 bits per heavy atom. The van der Waals surface area contributed by atoms with Crippen molar-refractivity contribution in [3.05, 3.63) is 40.9 Å². The Kier molecular flexibility index (Phi) is 10.3. The van der Waals surface area contributed by atoms with Gasteiger partial charge in [-0.2, -0.15) is 0 Å². The normalized spacial score (nSPS) is 11.0. The number of hydrogen-bond donors (Lipinski definition) is 0. The first-order valence-corrected chi connectivity index (χ1v) is 11.4. The number of ether oxygens (including phenoxy) is 1. The van der Waals surface area contributed by atoms with Crippen molar-refractivity contribution >= 4 is 27.3 Å². The van der Waals surface area contributed by atoms with Gasteiger partial charge in [0, 0.05) is 9.35 Å². The fourth-order valence-corrected chi connectivity index (χ4v) is 4.08. The Labute approximate surface area is 165 Å². The number of unbranched alkanes of at least 4 members (excludes halogenated alkanes) is 9. The van der Waals surface area contributed by atoms with Crippen LogP contribution in [0.4, 0.5) is 0 Å². The summed E-state index contributed by atoms with van der Waals surface area (Å²) in [6.07, 6.45) is 13.6. The molecular weight excluding hydrogens is 392 g/mol. The van der Waals surface area contributed by atoms with Crippen molar-refractivity contribution in [3.63, 3.8) is 0 Å². The number of rotatable bonds is 13. The summed E-state index contributed by atoms with van der Waals surface area (Å²) >= 11 is 5.22. The molecule has 0 saturated heterocycles. The minimum atomic E-state index is 0.844. The molecule has 1 nitrogen and oxygen atoms in total. The third-order valence-electron chi connectivity index (χ3n) is 4.45. The summed E-state index contributed by atoms with van der Waals surface area (Å²) in [4.78, 5) is 1.27. The number of thiophene rings is 1. The van der Waals surface area contributed by atoms with E-state index in [-0.39, 0.29) is 0 Å². The monoisotopic (exact) mass is 422 g/mol. The summed E-state index contributed by atoms with van der Waals surface area (Å²) in [5.74, 6) is 0. The summed E-state index contributed by atoms with van der Waals surface area (Å²) in [7, 11) is 0. The second kappa shape index (κ2) is 12.5. The van der Waals surface area contributed by atoms with Gasteiger partial charge in [-0.05, 0) is 36.2 Å². The quantitative estimate of drug-likeness (QED) is 0.294. The van der Waals surface area contributed by atoms with Gasteiger partial charge < -0.3 is 4.74 Å². The third-order valence-corrected chi connectivity index (χ3v) is 6.03. The van der Waals surface area contributed by atoms with Crippen molar-refractivity contribution in [2.45, 2.75) is 71.1 Å². The lowest BCUT2D eigenvalue weighted by molar-refractivity contribution is 0.312. The molecule has 0 N–H and O–H groups in total. The lowest BCUT2D eigenvalue weighted by Gasteiger charge is -2.04. The van der Waals surface area contributed by atoms with Crippen molar-refractivity contribution in [1.29, 1.82) is 0 Å². The Hall–Kier alpha value is -0.800. The molecule has 0 radical (unpaired) electrons. The molecule has 2 rings (SSSR count). The molecule has 0 aliphatic heterocycles. The lowest BCUT2D eigenvalue weighted by Crippen LogP contribution is -1.95. The predicted octanol–water partition coefficient (Wildman–Crippen LogP) is 8.48. The van der Waals surface area contributed by atoms with E-state index in [0.717, 1.165) is 16.1 Å². The smallest absolute Gasteiger partial charge is 0.174 e. The van der Waals surface area contributed by atoms with Crippen molar-refractivity contribution < 1.29 is 4.74 Å². The van der Waals surface area contributed by atoms with Crippen LogP contribution in [-0.4, -0.2) is 6.61 Å². The van der Waals surface area contributed by atoms with Gasteiger partial charge in [0.25, 0.3) is 0 Å². The zero-order valence-corrected chi connectivity index (χ0v) is 17.8. The summed E-state index contributed by atoms with van der Waals surface area (Å²) in [5.41, 5.74) is 1.25. The molecule has 1 heterocycles. The Balaban J connectivity index is 1.52. The van der Waals surface area contributed by atoms with Crippen LogP contribution in [0.25, 0.3) is 10.4 Å². The lowest BCUT2D eigenvalue weighted by atomic mass is 10.1. The van der Waals surface area contributed by atoms with Gasteiger partial charge in [-0.15, -0.1) is 0 Å². The fraction of sp³-hybridized carbons (Fsp3) is 0.545. The number of hydrogen-bond acceptors (Lipinski definition) is 2. The van der Waals surface area contributed by atoms with Crippen LogP contribution >= 0.6 is 27.3 Å². The van der Waals surface area contributed by atoms with Gasteiger partial charge in [0.15, 0.2) is 5.06 Å². The molecular formula is C22H31BrOS. The Morgan fingerprint density at radius 3 is 2.00 bits per heavy atom. The standard InChI is InChI=1S/C22H31BrOS/c1-2-3-4-5-6-7-8-9-10-11-18-24-22-17-16-21(25-22)19-12-14-20(23)15-13-19/h12-17H,2-11,18H2,1H3. The molecule has 25 heavy (non-hydrogen) atoms. The fourth-order valence-electron chi connectivity index (χ4n) is 2.93. The van der Waals surface area contributed by atoms with Crippen molar-refractivity contribution in [2.24, 2.45) is 0 Å². The van der Waals surface area contributed by atoms with Crippen LogP contribution < -0.4 is 4.74 Å². The van der Waals surface area contributed by atoms with Crippen LogP contribution in [-0.2, 0) is 0 Å². The molecule has 0 spiro atoms. The van der Waals surface area contributed by atoms with E-state index in [2.05, 4.69) is 59.3 Å². The van der Waals surface area contributed by atoms with Gasteiger partial charge in [-0.1, -0.05) is 104 Å². The second-order valence-corrected chi connectivity index (χ2v) is 8.62. The molecule has 0 aliphatic carbocycles. The zero-order chi connectivity index (χ0) is 17.7. The van der Waals surface area contributed by atoms with E-state index in [1.54, 1.807) is 11.3 Å². The molecule has 0 saturated carbocycles. The minimum absolute atomic E-state index is 0.844. The molecule has 0 amide bonds. The minimum Gasteiger partial charge on any atom is -0.484 e. The average molecular weight is 423 g/mol. The van der Waals surface area contributed by atoms with E-state index in [0.29, 0.717) is 0 Å². The highest BCUT2D eigenvalue weighted by atomic mass is 79.9. The van der Waals surface area contributed by atoms with E-state index in [1.165, 1.54) is 74.6 Å². The highest BCUT2D eigenvalue weighted by Gasteiger charge is 2.03. The highest BCUT2D eigenvalue weighted by Crippen LogP contribution is 2.33. The largest absolute Gasteiger partial charge is 0.484 e. The van der Waals surface area contributed by atoms with Crippen LogP contribution in [0.3, 0.4) is 0 Å². The van der Waals surface area contributed by atoms with Gasteiger partial charge in [0.1, 0.15) is 0 Å². The van der Waals surface area contributed by atoms with Crippen LogP contribution in [0.1, 0.15) is 71.1 Å². The summed E-state index contributed by atoms with van der Waals surface area (Å²) < 4.78 is 7.03. The molecule has 1 aromatic carbocycles. The molecule has 1 aromatic heterocycles. The van der Waals surface area contributed by atoms with Gasteiger partial charge in [-0.25, -0.2) is 0 Å². The number of benzene rings is 1. The van der Waals surface area contributed by atoms with E-state index >= 15 is 0 Å². The topological polar surface area (TPSA) is 9.23 Å². The number of halogens is 1. The Morgan fingerprint density at radius 1 is 0.760 bits per heavy atom. The van der Waals surface area contributed by atoms with Crippen LogP contribution in [0.2, 0.25) is 0 Å². The van der Waals surface area contributed by atoms with Gasteiger partial charge in [0.2, 0.25) is 0 Å². The summed E-state index contributed by atoms with van der Waals surface area (Å²) in [6, 6.07) is 12.7. The molecule has 3 heteroatoms. The second-order valence-electron chi connectivity index (χ2n) is 6.66. The molecule has 0 atom stereocenters. The maximum atomic E-state index is 5.91. The molecule has 0 fully saturated rings. The van der Waals surface area contributed by atoms with E-state index < -0.39 is 0 Å². The summed E-state index contributed by atoms with van der Waals surface area (Å²) in [6.45, 7) is 3.12. The van der Waals surface area contributed by atoms with Gasteiger partial charge in [-0.3, -0.25) is 0 Å². The first-order valence-electron chi connectivity index (χ1n) is 9.78. The zero-order valence-electron chi connectivity index (χ0n) is 15.4. The van der Waals surface area contributed by atoms with Crippen LogP contribution in [0.5, 0.6) is 5.06 Å². The first-order chi connectivity index (χ1) is 12.3. The highest BCUT2D eigenvalue weighted by molar-refractivity contribution is 9.10. The molecule has 0 bridgehead atoms. The van der Waals surface area contributed by atoms with Crippen LogP contribution in [0, 0.1) is 0 Å². The molecule has 138 valence electrons. The van der Waals surface area contributed by atoms with Crippen LogP contribution in [0.15, 0.2) is 40.9 Å². The van der Waals surface area contributed by atoms with E-state index in [9.17, 15) is 0 Å². The summed E-state index contributed by atoms with van der Waals surface area (Å²) in [5, 5.41) is 1.04. The van der Waals surface area contributed by atoms with Crippen molar-refractivity contribution in [1.82, 2.24) is 0 Å². The van der Waals surface area contributed by atoms with Gasteiger partial charge in [0.05, 0.1) is 6.61 Å². The maximum Gasteiger partial charge on any atom is 0.174 e. The van der Waals surface area contributed by atoms with Crippen molar-refractivity contribution in [2.75, 3.05) is 6.61 Å². The van der Waals surface area contributed by atoms with Gasteiger partial charge >= 0.3 is 0 Å². The maximum absolute atomic E-state index is 5.91. The average Bonchev–Trinajstić information content (AvgIpc) is 3.09. The third kappa shape index (κ3) is 8.42. The van der Waals surface area contributed by atoms with Crippen molar-refractivity contribution in [3.8, 4) is 15.5 Å².